The van der Waals surface area contributed by atoms with Crippen LogP contribution < -0.4 is 0 Å². The Balaban J connectivity index is 2.66. The van der Waals surface area contributed by atoms with Gasteiger partial charge in [0.1, 0.15) is 10.5 Å². The molecule has 6 nitrogen and oxygen atoms in total. The Morgan fingerprint density at radius 3 is 1.68 bits per heavy atom. The molecule has 0 aliphatic heterocycles. The maximum Gasteiger partial charge on any atom is 0.317 e. The van der Waals surface area contributed by atoms with E-state index in [-0.39, 0.29) is 0 Å². The fraction of sp³-hybridized carbons (Fsp3) is 0.600. The molecule has 0 aliphatic rings. The zero-order chi connectivity index (χ0) is 14.4. The second kappa shape index (κ2) is 7.71. The van der Waals surface area contributed by atoms with Gasteiger partial charge < -0.3 is 10.2 Å². The summed E-state index contributed by atoms with van der Waals surface area (Å²) in [7, 11) is 0. The number of carboxylic acid groups (broad SMARTS) is 2. The van der Waals surface area contributed by atoms with Crippen LogP contribution in [0.3, 0.4) is 0 Å². The van der Waals surface area contributed by atoms with Gasteiger partial charge in [-0.15, -0.1) is 10.2 Å². The molecule has 2 atom stereocenters. The van der Waals surface area contributed by atoms with Crippen molar-refractivity contribution < 1.29 is 19.8 Å². The average molecular weight is 322 g/mol. The van der Waals surface area contributed by atoms with Crippen molar-refractivity contribution >= 4 is 46.8 Å². The molecule has 0 saturated heterocycles. The van der Waals surface area contributed by atoms with E-state index >= 15 is 0 Å². The van der Waals surface area contributed by atoms with Crippen LogP contribution in [0.2, 0.25) is 0 Å². The van der Waals surface area contributed by atoms with Crippen molar-refractivity contribution in [3.8, 4) is 0 Å². The minimum atomic E-state index is -0.881. The summed E-state index contributed by atoms with van der Waals surface area (Å²) in [5.41, 5.74) is 0. The van der Waals surface area contributed by atoms with Gasteiger partial charge in [0.15, 0.2) is 8.68 Å². The number of aliphatic carboxylic acids is 2. The topological polar surface area (TPSA) is 100 Å². The highest BCUT2D eigenvalue weighted by Gasteiger charge is 2.22. The SMILES string of the molecule is CCC(Sc1nnc(SC(CC)C(=O)O)s1)C(=O)O. The molecule has 1 heterocycles. The Morgan fingerprint density at radius 2 is 1.42 bits per heavy atom. The molecule has 0 amide bonds. The first-order valence-corrected chi connectivity index (χ1v) is 8.17. The number of hydrogen-bond donors (Lipinski definition) is 2. The van der Waals surface area contributed by atoms with E-state index in [1.54, 1.807) is 13.8 Å². The van der Waals surface area contributed by atoms with Crippen molar-refractivity contribution in [3.05, 3.63) is 0 Å². The van der Waals surface area contributed by atoms with Crippen LogP contribution in [0, 0.1) is 0 Å². The fourth-order valence-electron chi connectivity index (χ4n) is 1.15. The third-order valence-electron chi connectivity index (χ3n) is 2.17. The molecule has 0 saturated carbocycles. The van der Waals surface area contributed by atoms with Gasteiger partial charge in [0, 0.05) is 0 Å². The fourth-order valence-corrected chi connectivity index (χ4v) is 4.38. The van der Waals surface area contributed by atoms with E-state index in [0.29, 0.717) is 21.5 Å². The smallest absolute Gasteiger partial charge is 0.317 e. The predicted octanol–water partition coefficient (Wildman–Crippen LogP) is 2.45. The first-order chi connectivity index (χ1) is 8.97. The van der Waals surface area contributed by atoms with E-state index in [0.717, 1.165) is 23.5 Å². The number of carbonyl (C=O) groups is 2. The van der Waals surface area contributed by atoms with Gasteiger partial charge in [0.2, 0.25) is 0 Å². The second-order valence-corrected chi connectivity index (χ2v) is 7.42. The van der Waals surface area contributed by atoms with Gasteiger partial charge in [-0.1, -0.05) is 48.7 Å². The predicted molar refractivity (Wildman–Crippen MR) is 75.1 cm³/mol. The summed E-state index contributed by atoms with van der Waals surface area (Å²) < 4.78 is 1.11. The lowest BCUT2D eigenvalue weighted by atomic mass is 10.3. The van der Waals surface area contributed by atoms with Gasteiger partial charge in [0.25, 0.3) is 0 Å². The molecule has 106 valence electrons. The minimum absolute atomic E-state index is 0.495. The Labute approximate surface area is 123 Å². The van der Waals surface area contributed by atoms with Crippen molar-refractivity contribution in [2.24, 2.45) is 0 Å². The monoisotopic (exact) mass is 322 g/mol. The van der Waals surface area contributed by atoms with Crippen molar-refractivity contribution in [1.29, 1.82) is 0 Å². The molecule has 0 aromatic carbocycles. The molecule has 0 fully saturated rings. The largest absolute Gasteiger partial charge is 0.480 e. The van der Waals surface area contributed by atoms with E-state index < -0.39 is 22.4 Å². The van der Waals surface area contributed by atoms with Gasteiger partial charge in [-0.3, -0.25) is 9.59 Å². The first kappa shape index (κ1) is 16.3. The van der Waals surface area contributed by atoms with Crippen molar-refractivity contribution in [3.63, 3.8) is 0 Å². The van der Waals surface area contributed by atoms with Gasteiger partial charge in [-0.05, 0) is 12.8 Å². The van der Waals surface area contributed by atoms with Crippen LogP contribution in [0.25, 0.3) is 0 Å². The van der Waals surface area contributed by atoms with Crippen LogP contribution in [-0.2, 0) is 9.59 Å². The summed E-state index contributed by atoms with van der Waals surface area (Å²) in [5.74, 6) is -1.76. The summed E-state index contributed by atoms with van der Waals surface area (Å²) >= 11 is 3.52. The summed E-state index contributed by atoms with van der Waals surface area (Å²) in [6.07, 6.45) is 0.990. The molecular formula is C10H14N2O4S3. The van der Waals surface area contributed by atoms with Crippen molar-refractivity contribution in [2.75, 3.05) is 0 Å². The summed E-state index contributed by atoms with van der Waals surface area (Å²) in [4.78, 5) is 21.8. The molecule has 0 spiro atoms. The van der Waals surface area contributed by atoms with E-state index in [9.17, 15) is 9.59 Å². The second-order valence-electron chi connectivity index (χ2n) is 3.54. The molecule has 1 aromatic rings. The highest BCUT2D eigenvalue weighted by atomic mass is 32.2. The lowest BCUT2D eigenvalue weighted by molar-refractivity contribution is -0.137. The Morgan fingerprint density at radius 1 is 1.05 bits per heavy atom. The number of carboxylic acids is 2. The summed E-state index contributed by atoms with van der Waals surface area (Å²) in [5, 5.41) is 24.6. The molecule has 19 heavy (non-hydrogen) atoms. The molecule has 0 aliphatic carbocycles. The Kier molecular flexibility index (Phi) is 6.59. The normalized spacial score (nSPS) is 14.0. The highest BCUT2D eigenvalue weighted by molar-refractivity contribution is 8.04. The van der Waals surface area contributed by atoms with Crippen LogP contribution in [-0.4, -0.2) is 42.8 Å². The zero-order valence-corrected chi connectivity index (χ0v) is 12.8. The van der Waals surface area contributed by atoms with Crippen LogP contribution in [0.1, 0.15) is 26.7 Å². The lowest BCUT2D eigenvalue weighted by Crippen LogP contribution is -2.14. The maximum absolute atomic E-state index is 10.9. The maximum atomic E-state index is 10.9. The Bertz CT molecular complexity index is 413. The zero-order valence-electron chi connectivity index (χ0n) is 10.4. The van der Waals surface area contributed by atoms with Crippen LogP contribution >= 0.6 is 34.9 Å². The van der Waals surface area contributed by atoms with Crippen LogP contribution in [0.15, 0.2) is 8.68 Å². The highest BCUT2D eigenvalue weighted by Crippen LogP contribution is 2.34. The third kappa shape index (κ3) is 5.00. The standard InChI is InChI=1S/C10H14N2O4S3/c1-3-5(7(13)14)17-9-11-12-10(19-9)18-6(4-2)8(15)16/h5-6H,3-4H2,1-2H3,(H,13,14)(H,15,16). The number of aromatic nitrogens is 2. The van der Waals surface area contributed by atoms with Gasteiger partial charge >= 0.3 is 11.9 Å². The van der Waals surface area contributed by atoms with Crippen LogP contribution in [0.5, 0.6) is 0 Å². The van der Waals surface area contributed by atoms with Crippen LogP contribution in [0.4, 0.5) is 0 Å². The molecule has 1 aromatic heterocycles. The minimum Gasteiger partial charge on any atom is -0.480 e. The van der Waals surface area contributed by atoms with E-state index in [4.69, 9.17) is 10.2 Å². The number of nitrogens with zero attached hydrogens (tertiary/aromatic N) is 2. The average Bonchev–Trinajstić information content (AvgIpc) is 2.79. The number of thioether (sulfide) groups is 2. The van der Waals surface area contributed by atoms with Crippen molar-refractivity contribution in [2.45, 2.75) is 45.9 Å². The third-order valence-corrected chi connectivity index (χ3v) is 5.96. The molecule has 2 unspecified atom stereocenters. The molecule has 9 heteroatoms. The van der Waals surface area contributed by atoms with E-state index in [1.165, 1.54) is 11.3 Å². The molecule has 2 N–H and O–H groups in total. The molecule has 1 rings (SSSR count). The molecule has 0 bridgehead atoms. The molecular weight excluding hydrogens is 308 g/mol. The Hall–Kier alpha value is -0.800. The van der Waals surface area contributed by atoms with E-state index in [2.05, 4.69) is 10.2 Å². The number of rotatable bonds is 8. The summed E-state index contributed by atoms with van der Waals surface area (Å²) in [6.45, 7) is 3.58. The van der Waals surface area contributed by atoms with Crippen molar-refractivity contribution in [1.82, 2.24) is 10.2 Å². The van der Waals surface area contributed by atoms with Gasteiger partial charge in [0.05, 0.1) is 0 Å². The lowest BCUT2D eigenvalue weighted by Gasteiger charge is -2.05. The number of hydrogen-bond acceptors (Lipinski definition) is 7. The van der Waals surface area contributed by atoms with Gasteiger partial charge in [-0.2, -0.15) is 0 Å². The van der Waals surface area contributed by atoms with Gasteiger partial charge in [-0.25, -0.2) is 0 Å². The van der Waals surface area contributed by atoms with E-state index in [1.807, 2.05) is 0 Å². The quantitative estimate of drug-likeness (QED) is 0.704. The molecule has 0 radical (unpaired) electrons. The first-order valence-electron chi connectivity index (χ1n) is 5.60. The summed E-state index contributed by atoms with van der Waals surface area (Å²) in [6, 6.07) is 0.